The first-order valence-corrected chi connectivity index (χ1v) is 9.73. The topological polar surface area (TPSA) is 93.7 Å². The highest BCUT2D eigenvalue weighted by Gasteiger charge is 2.16. The Labute approximate surface area is 150 Å². The normalized spacial score (nSPS) is 11.6. The summed E-state index contributed by atoms with van der Waals surface area (Å²) in [5, 5.41) is 2.72. The molecule has 2 N–H and O–H groups in total. The molecule has 0 saturated heterocycles. The van der Waals surface area contributed by atoms with Crippen LogP contribution in [0.5, 0.6) is 5.75 Å². The molecule has 1 amide bonds. The van der Waals surface area contributed by atoms with Crippen LogP contribution in [0, 0.1) is 12.8 Å². The summed E-state index contributed by atoms with van der Waals surface area (Å²) < 4.78 is 37.3. The summed E-state index contributed by atoms with van der Waals surface area (Å²) >= 11 is 0. The Morgan fingerprint density at radius 2 is 2.00 bits per heavy atom. The highest BCUT2D eigenvalue weighted by atomic mass is 32.2. The van der Waals surface area contributed by atoms with E-state index >= 15 is 0 Å². The molecule has 0 aliphatic heterocycles. The molecule has 1 aromatic carbocycles. The van der Waals surface area contributed by atoms with Gasteiger partial charge in [-0.25, -0.2) is 13.1 Å². The molecular formula is C17H28N2O5S. The number of ether oxygens (including phenoxy) is 2. The molecule has 0 spiro atoms. The second-order valence-electron chi connectivity index (χ2n) is 6.16. The fourth-order valence-electron chi connectivity index (χ4n) is 1.95. The van der Waals surface area contributed by atoms with Crippen molar-refractivity contribution in [1.82, 2.24) is 10.0 Å². The molecule has 0 bridgehead atoms. The Bertz CT molecular complexity index is 659. The van der Waals surface area contributed by atoms with Gasteiger partial charge in [0.1, 0.15) is 5.75 Å². The molecule has 1 aromatic rings. The molecule has 7 nitrogen and oxygen atoms in total. The third-order valence-electron chi connectivity index (χ3n) is 3.34. The smallest absolute Gasteiger partial charge is 0.257 e. The van der Waals surface area contributed by atoms with Crippen molar-refractivity contribution in [2.75, 3.05) is 33.4 Å². The third kappa shape index (κ3) is 7.85. The van der Waals surface area contributed by atoms with E-state index in [9.17, 15) is 13.2 Å². The van der Waals surface area contributed by atoms with Crippen LogP contribution in [-0.4, -0.2) is 47.7 Å². The van der Waals surface area contributed by atoms with Crippen LogP contribution in [0.3, 0.4) is 0 Å². The largest absolute Gasteiger partial charge is 0.484 e. The van der Waals surface area contributed by atoms with Crippen molar-refractivity contribution in [2.45, 2.75) is 32.1 Å². The van der Waals surface area contributed by atoms with E-state index in [-0.39, 0.29) is 23.3 Å². The number of sulfonamides is 1. The number of aryl methyl sites for hydroxylation is 1. The zero-order chi connectivity index (χ0) is 18.9. The number of carbonyl (C=O) groups is 1. The Morgan fingerprint density at radius 1 is 1.28 bits per heavy atom. The lowest BCUT2D eigenvalue weighted by Gasteiger charge is -2.12. The van der Waals surface area contributed by atoms with Gasteiger partial charge in [0, 0.05) is 26.8 Å². The summed E-state index contributed by atoms with van der Waals surface area (Å²) in [4.78, 5) is 11.9. The second kappa shape index (κ2) is 10.4. The molecule has 0 heterocycles. The van der Waals surface area contributed by atoms with Gasteiger partial charge in [-0.15, -0.1) is 0 Å². The van der Waals surface area contributed by atoms with Gasteiger partial charge in [0.25, 0.3) is 5.91 Å². The maximum Gasteiger partial charge on any atom is 0.257 e. The predicted octanol–water partition coefficient (Wildman–Crippen LogP) is 1.46. The zero-order valence-electron chi connectivity index (χ0n) is 15.3. The number of hydrogen-bond donors (Lipinski definition) is 2. The summed E-state index contributed by atoms with van der Waals surface area (Å²) in [6.45, 7) is 6.98. The quantitative estimate of drug-likeness (QED) is 0.574. The monoisotopic (exact) mass is 372 g/mol. The maximum absolute atomic E-state index is 12.2. The highest BCUT2D eigenvalue weighted by Crippen LogP contribution is 2.21. The van der Waals surface area contributed by atoms with E-state index in [1.165, 1.54) is 12.1 Å². The fourth-order valence-corrected chi connectivity index (χ4v) is 3.25. The van der Waals surface area contributed by atoms with E-state index in [1.54, 1.807) is 20.1 Å². The molecule has 0 aliphatic carbocycles. The standard InChI is InChI=1S/C17H28N2O5S/c1-13(2)11-19-25(21,22)15-6-7-16(14(3)10-15)24-12-17(20)18-8-5-9-23-4/h6-7,10,13,19H,5,8-9,11-12H2,1-4H3,(H,18,20). The van der Waals surface area contributed by atoms with Gasteiger partial charge in [-0.2, -0.15) is 0 Å². The Kier molecular flexibility index (Phi) is 8.88. The molecule has 0 saturated carbocycles. The van der Waals surface area contributed by atoms with Crippen LogP contribution in [0.4, 0.5) is 0 Å². The molecule has 0 unspecified atom stereocenters. The molecule has 0 aliphatic rings. The average Bonchev–Trinajstić information content (AvgIpc) is 2.56. The van der Waals surface area contributed by atoms with Gasteiger partial charge in [-0.3, -0.25) is 4.79 Å². The summed E-state index contributed by atoms with van der Waals surface area (Å²) in [7, 11) is -1.93. The molecule has 142 valence electrons. The fraction of sp³-hybridized carbons (Fsp3) is 0.588. The Morgan fingerprint density at radius 3 is 2.60 bits per heavy atom. The first-order chi connectivity index (χ1) is 11.8. The Balaban J connectivity index is 2.59. The van der Waals surface area contributed by atoms with Crippen LogP contribution in [0.15, 0.2) is 23.1 Å². The van der Waals surface area contributed by atoms with Crippen LogP contribution >= 0.6 is 0 Å². The minimum Gasteiger partial charge on any atom is -0.484 e. The van der Waals surface area contributed by atoms with Gasteiger partial charge in [-0.05, 0) is 43.0 Å². The van der Waals surface area contributed by atoms with Crippen LogP contribution in [0.2, 0.25) is 0 Å². The van der Waals surface area contributed by atoms with E-state index in [2.05, 4.69) is 10.0 Å². The first-order valence-electron chi connectivity index (χ1n) is 8.25. The number of amides is 1. The maximum atomic E-state index is 12.2. The zero-order valence-corrected chi connectivity index (χ0v) is 16.1. The predicted molar refractivity (Wildman–Crippen MR) is 96.2 cm³/mol. The van der Waals surface area contributed by atoms with Gasteiger partial charge >= 0.3 is 0 Å². The average molecular weight is 372 g/mol. The molecule has 1 rings (SSSR count). The molecule has 25 heavy (non-hydrogen) atoms. The summed E-state index contributed by atoms with van der Waals surface area (Å²) in [6.07, 6.45) is 0.733. The number of hydrogen-bond acceptors (Lipinski definition) is 5. The molecule has 0 aromatic heterocycles. The first kappa shape index (κ1) is 21.4. The lowest BCUT2D eigenvalue weighted by Crippen LogP contribution is -2.30. The van der Waals surface area contributed by atoms with Crippen molar-refractivity contribution in [3.8, 4) is 5.75 Å². The van der Waals surface area contributed by atoms with Crippen LogP contribution < -0.4 is 14.8 Å². The number of rotatable bonds is 11. The van der Waals surface area contributed by atoms with Crippen molar-refractivity contribution < 1.29 is 22.7 Å². The van der Waals surface area contributed by atoms with Crippen molar-refractivity contribution in [3.63, 3.8) is 0 Å². The van der Waals surface area contributed by atoms with Crippen LogP contribution in [0.25, 0.3) is 0 Å². The third-order valence-corrected chi connectivity index (χ3v) is 4.77. The summed E-state index contributed by atoms with van der Waals surface area (Å²) in [5.41, 5.74) is 0.652. The molecular weight excluding hydrogens is 344 g/mol. The van der Waals surface area contributed by atoms with E-state index in [0.29, 0.717) is 31.0 Å². The molecule has 0 atom stereocenters. The number of carbonyl (C=O) groups excluding carboxylic acids is 1. The van der Waals surface area contributed by atoms with Crippen molar-refractivity contribution in [2.24, 2.45) is 5.92 Å². The molecule has 0 fully saturated rings. The lowest BCUT2D eigenvalue weighted by atomic mass is 10.2. The SMILES string of the molecule is COCCCNC(=O)COc1ccc(S(=O)(=O)NCC(C)C)cc1C. The minimum absolute atomic E-state index is 0.120. The molecule has 8 heteroatoms. The second-order valence-corrected chi connectivity index (χ2v) is 7.92. The Hall–Kier alpha value is -1.64. The number of nitrogens with one attached hydrogen (secondary N) is 2. The van der Waals surface area contributed by atoms with Gasteiger partial charge in [0.05, 0.1) is 4.90 Å². The van der Waals surface area contributed by atoms with Crippen molar-refractivity contribution >= 4 is 15.9 Å². The van der Waals surface area contributed by atoms with Gasteiger partial charge in [0.2, 0.25) is 10.0 Å². The van der Waals surface area contributed by atoms with Crippen LogP contribution in [-0.2, 0) is 19.6 Å². The molecule has 0 radical (unpaired) electrons. The number of methoxy groups -OCH3 is 1. The van der Waals surface area contributed by atoms with Crippen molar-refractivity contribution in [1.29, 1.82) is 0 Å². The lowest BCUT2D eigenvalue weighted by molar-refractivity contribution is -0.123. The van der Waals surface area contributed by atoms with E-state index in [4.69, 9.17) is 9.47 Å². The van der Waals surface area contributed by atoms with Gasteiger partial charge in [-0.1, -0.05) is 13.8 Å². The van der Waals surface area contributed by atoms with E-state index < -0.39 is 10.0 Å². The van der Waals surface area contributed by atoms with Crippen LogP contribution in [0.1, 0.15) is 25.8 Å². The number of benzene rings is 1. The minimum atomic E-state index is -3.54. The van der Waals surface area contributed by atoms with E-state index in [0.717, 1.165) is 6.42 Å². The van der Waals surface area contributed by atoms with Gasteiger partial charge < -0.3 is 14.8 Å². The van der Waals surface area contributed by atoms with Gasteiger partial charge in [0.15, 0.2) is 6.61 Å². The highest BCUT2D eigenvalue weighted by molar-refractivity contribution is 7.89. The summed E-state index contributed by atoms with van der Waals surface area (Å²) in [6, 6.07) is 4.58. The summed E-state index contributed by atoms with van der Waals surface area (Å²) in [5.74, 6) is 0.474. The van der Waals surface area contributed by atoms with Crippen molar-refractivity contribution in [3.05, 3.63) is 23.8 Å². The van der Waals surface area contributed by atoms with E-state index in [1.807, 2.05) is 13.8 Å².